The fourth-order valence-electron chi connectivity index (χ4n) is 2.75. The molecule has 0 fully saturated rings. The molecular weight excluding hydrogens is 349 g/mol. The van der Waals surface area contributed by atoms with Crippen LogP contribution in [0.25, 0.3) is 0 Å². The lowest BCUT2D eigenvalue weighted by molar-refractivity contribution is -0.123. The molecule has 3 N–H and O–H groups in total. The van der Waals surface area contributed by atoms with Gasteiger partial charge < -0.3 is 20.7 Å². The molecule has 3 rings (SSSR count). The smallest absolute Gasteiger partial charge is 0.265 e. The zero-order valence-electron chi connectivity index (χ0n) is 15.2. The van der Waals surface area contributed by atoms with Gasteiger partial charge in [-0.15, -0.1) is 0 Å². The molecule has 2 unspecified atom stereocenters. The third kappa shape index (κ3) is 4.75. The van der Waals surface area contributed by atoms with Crippen molar-refractivity contribution in [1.29, 1.82) is 0 Å². The number of hydrogen-bond acceptors (Lipinski definition) is 4. The SMILES string of the molecule is CC(Nc1ccc2c(c1)NC(=O)C(C)O2)C(=O)NCCc1ccc(F)cc1. The molecule has 7 heteroatoms. The van der Waals surface area contributed by atoms with Gasteiger partial charge in [0.15, 0.2) is 6.10 Å². The predicted octanol–water partition coefficient (Wildman–Crippen LogP) is 2.70. The number of ether oxygens (including phenoxy) is 1. The second-order valence-corrected chi connectivity index (χ2v) is 6.49. The molecule has 0 aromatic heterocycles. The minimum Gasteiger partial charge on any atom is -0.479 e. The van der Waals surface area contributed by atoms with Crippen LogP contribution in [-0.4, -0.2) is 30.5 Å². The van der Waals surface area contributed by atoms with E-state index in [9.17, 15) is 14.0 Å². The fraction of sp³-hybridized carbons (Fsp3) is 0.300. The Bertz CT molecular complexity index is 839. The summed E-state index contributed by atoms with van der Waals surface area (Å²) in [6, 6.07) is 11.0. The molecule has 1 heterocycles. The molecule has 2 atom stereocenters. The van der Waals surface area contributed by atoms with E-state index < -0.39 is 12.1 Å². The highest BCUT2D eigenvalue weighted by Gasteiger charge is 2.23. The first-order valence-corrected chi connectivity index (χ1v) is 8.82. The highest BCUT2D eigenvalue weighted by molar-refractivity contribution is 5.98. The number of hydrogen-bond donors (Lipinski definition) is 3. The average molecular weight is 371 g/mol. The van der Waals surface area contributed by atoms with Gasteiger partial charge in [-0.3, -0.25) is 9.59 Å². The normalized spacial score (nSPS) is 16.6. The third-order valence-corrected chi connectivity index (χ3v) is 4.31. The van der Waals surface area contributed by atoms with Crippen LogP contribution in [-0.2, 0) is 16.0 Å². The number of carbonyl (C=O) groups is 2. The second kappa shape index (κ2) is 8.07. The zero-order valence-corrected chi connectivity index (χ0v) is 15.2. The van der Waals surface area contributed by atoms with Gasteiger partial charge in [-0.2, -0.15) is 0 Å². The molecule has 0 bridgehead atoms. The monoisotopic (exact) mass is 371 g/mol. The van der Waals surface area contributed by atoms with E-state index in [1.165, 1.54) is 12.1 Å². The van der Waals surface area contributed by atoms with Crippen LogP contribution in [0.15, 0.2) is 42.5 Å². The summed E-state index contributed by atoms with van der Waals surface area (Å²) in [4.78, 5) is 24.0. The van der Waals surface area contributed by atoms with E-state index in [0.29, 0.717) is 30.1 Å². The summed E-state index contributed by atoms with van der Waals surface area (Å²) in [5.74, 6) is -0.0271. The average Bonchev–Trinajstić information content (AvgIpc) is 2.64. The second-order valence-electron chi connectivity index (χ2n) is 6.49. The van der Waals surface area contributed by atoms with Crippen LogP contribution in [0, 0.1) is 5.82 Å². The van der Waals surface area contributed by atoms with Crippen molar-refractivity contribution in [3.05, 3.63) is 53.8 Å². The van der Waals surface area contributed by atoms with Crippen molar-refractivity contribution in [2.75, 3.05) is 17.2 Å². The van der Waals surface area contributed by atoms with Crippen molar-refractivity contribution in [2.24, 2.45) is 0 Å². The van der Waals surface area contributed by atoms with E-state index in [2.05, 4.69) is 16.0 Å². The number of nitrogens with one attached hydrogen (secondary N) is 3. The molecule has 0 saturated carbocycles. The van der Waals surface area contributed by atoms with Crippen molar-refractivity contribution in [3.63, 3.8) is 0 Å². The summed E-state index contributed by atoms with van der Waals surface area (Å²) in [5.41, 5.74) is 2.23. The standard InChI is InChI=1S/C20H22FN3O3/c1-12(19(25)22-10-9-14-3-5-15(21)6-4-14)23-16-7-8-18-17(11-16)24-20(26)13(2)27-18/h3-8,11-13,23H,9-10H2,1-2H3,(H,22,25)(H,24,26). The topological polar surface area (TPSA) is 79.5 Å². The van der Waals surface area contributed by atoms with E-state index in [0.717, 1.165) is 5.56 Å². The summed E-state index contributed by atoms with van der Waals surface area (Å²) in [5, 5.41) is 8.73. The van der Waals surface area contributed by atoms with Crippen molar-refractivity contribution in [3.8, 4) is 5.75 Å². The Labute approximate surface area is 157 Å². The van der Waals surface area contributed by atoms with Gasteiger partial charge in [0.25, 0.3) is 5.91 Å². The van der Waals surface area contributed by atoms with Gasteiger partial charge in [-0.05, 0) is 56.2 Å². The number of halogens is 1. The Morgan fingerprint density at radius 3 is 2.74 bits per heavy atom. The number of fused-ring (bicyclic) bond motifs is 1. The zero-order chi connectivity index (χ0) is 19.4. The van der Waals surface area contributed by atoms with Crippen molar-refractivity contribution in [2.45, 2.75) is 32.4 Å². The molecule has 0 radical (unpaired) electrons. The Kier molecular flexibility index (Phi) is 5.59. The van der Waals surface area contributed by atoms with Crippen molar-refractivity contribution < 1.29 is 18.7 Å². The van der Waals surface area contributed by atoms with Gasteiger partial charge in [0.1, 0.15) is 17.6 Å². The van der Waals surface area contributed by atoms with Crippen LogP contribution in [0.4, 0.5) is 15.8 Å². The number of benzene rings is 2. The highest BCUT2D eigenvalue weighted by Crippen LogP contribution is 2.32. The Morgan fingerprint density at radius 1 is 1.26 bits per heavy atom. The van der Waals surface area contributed by atoms with Crippen LogP contribution in [0.2, 0.25) is 0 Å². The summed E-state index contributed by atoms with van der Waals surface area (Å²) < 4.78 is 18.4. The molecule has 0 saturated heterocycles. The first-order chi connectivity index (χ1) is 12.9. The number of rotatable bonds is 6. The third-order valence-electron chi connectivity index (χ3n) is 4.31. The molecule has 0 spiro atoms. The first kappa shape index (κ1) is 18.7. The molecule has 2 aromatic rings. The highest BCUT2D eigenvalue weighted by atomic mass is 19.1. The minimum atomic E-state index is -0.526. The Morgan fingerprint density at radius 2 is 2.00 bits per heavy atom. The lowest BCUT2D eigenvalue weighted by Gasteiger charge is -2.24. The van der Waals surface area contributed by atoms with Crippen LogP contribution in [0.3, 0.4) is 0 Å². The molecule has 1 aliphatic rings. The van der Waals surface area contributed by atoms with Crippen LogP contribution < -0.4 is 20.7 Å². The molecule has 0 aliphatic carbocycles. The maximum Gasteiger partial charge on any atom is 0.265 e. The predicted molar refractivity (Wildman–Crippen MR) is 101 cm³/mol. The van der Waals surface area contributed by atoms with E-state index in [-0.39, 0.29) is 17.6 Å². The van der Waals surface area contributed by atoms with Gasteiger partial charge in [0.2, 0.25) is 5.91 Å². The molecule has 27 heavy (non-hydrogen) atoms. The summed E-state index contributed by atoms with van der Waals surface area (Å²) in [6.07, 6.45) is 0.0983. The summed E-state index contributed by atoms with van der Waals surface area (Å²) in [6.45, 7) is 3.90. The summed E-state index contributed by atoms with van der Waals surface area (Å²) >= 11 is 0. The van der Waals surface area contributed by atoms with Gasteiger partial charge in [0, 0.05) is 12.2 Å². The van der Waals surface area contributed by atoms with E-state index in [4.69, 9.17) is 4.74 Å². The summed E-state index contributed by atoms with van der Waals surface area (Å²) in [7, 11) is 0. The largest absolute Gasteiger partial charge is 0.479 e. The van der Waals surface area contributed by atoms with E-state index in [1.807, 2.05) is 0 Å². The molecular formula is C20H22FN3O3. The van der Waals surface area contributed by atoms with Crippen molar-refractivity contribution in [1.82, 2.24) is 5.32 Å². The van der Waals surface area contributed by atoms with Gasteiger partial charge >= 0.3 is 0 Å². The molecule has 6 nitrogen and oxygen atoms in total. The molecule has 142 valence electrons. The molecule has 2 amide bonds. The van der Waals surface area contributed by atoms with E-state index >= 15 is 0 Å². The maximum absolute atomic E-state index is 12.9. The van der Waals surface area contributed by atoms with Crippen LogP contribution in [0.5, 0.6) is 5.75 Å². The maximum atomic E-state index is 12.9. The Balaban J connectivity index is 1.51. The van der Waals surface area contributed by atoms with Gasteiger partial charge in [0.05, 0.1) is 5.69 Å². The van der Waals surface area contributed by atoms with E-state index in [1.54, 1.807) is 44.2 Å². The van der Waals surface area contributed by atoms with Crippen LogP contribution >= 0.6 is 0 Å². The quantitative estimate of drug-likeness (QED) is 0.730. The number of carbonyl (C=O) groups excluding carboxylic acids is 2. The lowest BCUT2D eigenvalue weighted by atomic mass is 10.1. The number of anilines is 2. The fourth-order valence-corrected chi connectivity index (χ4v) is 2.75. The first-order valence-electron chi connectivity index (χ1n) is 8.82. The van der Waals surface area contributed by atoms with Gasteiger partial charge in [-0.1, -0.05) is 12.1 Å². The van der Waals surface area contributed by atoms with Gasteiger partial charge in [-0.25, -0.2) is 4.39 Å². The Hall–Kier alpha value is -3.09. The molecule has 1 aliphatic heterocycles. The van der Waals surface area contributed by atoms with Crippen LogP contribution in [0.1, 0.15) is 19.4 Å². The number of amides is 2. The molecule has 2 aromatic carbocycles. The van der Waals surface area contributed by atoms with Crippen molar-refractivity contribution >= 4 is 23.2 Å². The lowest BCUT2D eigenvalue weighted by Crippen LogP contribution is -2.38. The minimum absolute atomic E-state index is 0.149.